The van der Waals surface area contributed by atoms with Gasteiger partial charge in [0.2, 0.25) is 0 Å². The molecule has 0 saturated heterocycles. The lowest BCUT2D eigenvalue weighted by Crippen LogP contribution is -2.31. The van der Waals surface area contributed by atoms with Crippen molar-refractivity contribution in [2.75, 3.05) is 0 Å². The van der Waals surface area contributed by atoms with Gasteiger partial charge in [0.05, 0.1) is 0 Å². The minimum Gasteiger partial charge on any atom is -0.303 e. The van der Waals surface area contributed by atoms with Gasteiger partial charge in [-0.05, 0) is 61.2 Å². The maximum Gasteiger partial charge on any atom is 0.124 e. The van der Waals surface area contributed by atoms with Crippen molar-refractivity contribution in [2.45, 2.75) is 59.8 Å². The molecule has 0 radical (unpaired) electrons. The first kappa shape index (κ1) is 12.4. The van der Waals surface area contributed by atoms with Gasteiger partial charge in [-0.25, -0.2) is 0 Å². The lowest BCUT2D eigenvalue weighted by atomic mass is 9.66. The predicted molar refractivity (Wildman–Crippen MR) is 74.2 cm³/mol. The van der Waals surface area contributed by atoms with Crippen molar-refractivity contribution in [1.29, 1.82) is 0 Å². The van der Waals surface area contributed by atoms with Gasteiger partial charge in [-0.15, -0.1) is 0 Å². The van der Waals surface area contributed by atoms with Gasteiger partial charge in [0.1, 0.15) is 6.29 Å². The minimum absolute atomic E-state index is 0.444. The zero-order valence-corrected chi connectivity index (χ0v) is 12.3. The highest BCUT2D eigenvalue weighted by Crippen LogP contribution is 2.72. The van der Waals surface area contributed by atoms with Crippen molar-refractivity contribution in [3.63, 3.8) is 0 Å². The van der Waals surface area contributed by atoms with E-state index < -0.39 is 0 Å². The SMILES string of the molecule is CC1=C(CC=O)C[C@]23CC1C(C)(C)C2CC[C@@H]3C. The Morgan fingerprint density at radius 2 is 2.06 bits per heavy atom. The molecule has 0 aromatic carbocycles. The Kier molecular flexibility index (Phi) is 2.56. The normalized spacial score (nSPS) is 45.2. The highest BCUT2D eigenvalue weighted by atomic mass is 16.1. The molecular formula is C17H26O. The van der Waals surface area contributed by atoms with E-state index in [1.165, 1.54) is 31.3 Å². The number of carbonyl (C=O) groups is 1. The molecular weight excluding hydrogens is 220 g/mol. The standard InChI is InChI=1S/C17H26O/c1-11-5-6-15-16(3,4)14-10-17(11,15)9-13(7-8-18)12(14)2/h8,11,14-15H,5-7,9-10H2,1-4H3/t11-,14?,15?,17+/m0/s1. The summed E-state index contributed by atoms with van der Waals surface area (Å²) in [5.74, 6) is 2.46. The first-order valence-corrected chi connectivity index (χ1v) is 7.55. The number of hydrogen-bond acceptors (Lipinski definition) is 1. The van der Waals surface area contributed by atoms with Crippen LogP contribution in [0.3, 0.4) is 0 Å². The van der Waals surface area contributed by atoms with E-state index in [1.54, 1.807) is 5.57 Å². The summed E-state index contributed by atoms with van der Waals surface area (Å²) in [6.45, 7) is 9.71. The van der Waals surface area contributed by atoms with Crippen LogP contribution in [-0.4, -0.2) is 6.29 Å². The lowest BCUT2D eigenvalue weighted by Gasteiger charge is -2.39. The van der Waals surface area contributed by atoms with E-state index in [0.29, 0.717) is 17.3 Å². The lowest BCUT2D eigenvalue weighted by molar-refractivity contribution is -0.107. The Bertz CT molecular complexity index is 417. The highest BCUT2D eigenvalue weighted by molar-refractivity contribution is 5.56. The fraction of sp³-hybridized carbons (Fsp3) is 0.824. The summed E-state index contributed by atoms with van der Waals surface area (Å²) < 4.78 is 0. The Labute approximate surface area is 111 Å². The molecule has 4 atom stereocenters. The molecule has 2 bridgehead atoms. The summed E-state index contributed by atoms with van der Waals surface area (Å²) in [5.41, 5.74) is 4.01. The van der Waals surface area contributed by atoms with Gasteiger partial charge in [-0.1, -0.05) is 31.9 Å². The maximum absolute atomic E-state index is 11.0. The van der Waals surface area contributed by atoms with E-state index in [4.69, 9.17) is 0 Å². The van der Waals surface area contributed by atoms with E-state index in [0.717, 1.165) is 24.0 Å². The molecule has 1 nitrogen and oxygen atoms in total. The third-order valence-electron chi connectivity index (χ3n) is 6.90. The molecule has 0 heterocycles. The van der Waals surface area contributed by atoms with Crippen molar-refractivity contribution in [3.8, 4) is 0 Å². The van der Waals surface area contributed by atoms with Crippen LogP contribution < -0.4 is 0 Å². The molecule has 3 aliphatic carbocycles. The van der Waals surface area contributed by atoms with Crippen molar-refractivity contribution in [3.05, 3.63) is 11.1 Å². The van der Waals surface area contributed by atoms with Crippen LogP contribution >= 0.6 is 0 Å². The molecule has 0 aliphatic heterocycles. The summed E-state index contributed by atoms with van der Waals surface area (Å²) in [6, 6.07) is 0. The minimum atomic E-state index is 0.444. The van der Waals surface area contributed by atoms with E-state index in [1.807, 2.05) is 0 Å². The molecule has 2 fully saturated rings. The molecule has 0 amide bonds. The summed E-state index contributed by atoms with van der Waals surface area (Å²) in [6.07, 6.45) is 7.20. The third-order valence-corrected chi connectivity index (χ3v) is 6.90. The van der Waals surface area contributed by atoms with Gasteiger partial charge in [0, 0.05) is 6.42 Å². The van der Waals surface area contributed by atoms with Crippen LogP contribution in [0.4, 0.5) is 0 Å². The summed E-state index contributed by atoms with van der Waals surface area (Å²) in [5, 5.41) is 0. The summed E-state index contributed by atoms with van der Waals surface area (Å²) in [7, 11) is 0. The average molecular weight is 246 g/mol. The van der Waals surface area contributed by atoms with Crippen LogP contribution in [0.15, 0.2) is 11.1 Å². The second-order valence-electron chi connectivity index (χ2n) is 7.68. The quantitative estimate of drug-likeness (QED) is 0.522. The van der Waals surface area contributed by atoms with Crippen LogP contribution in [0.25, 0.3) is 0 Å². The van der Waals surface area contributed by atoms with Gasteiger partial charge >= 0.3 is 0 Å². The van der Waals surface area contributed by atoms with Crippen LogP contribution in [-0.2, 0) is 4.79 Å². The van der Waals surface area contributed by atoms with Crippen LogP contribution in [0, 0.1) is 28.6 Å². The van der Waals surface area contributed by atoms with Crippen LogP contribution in [0.5, 0.6) is 0 Å². The maximum atomic E-state index is 11.0. The first-order chi connectivity index (χ1) is 8.43. The van der Waals surface area contributed by atoms with Crippen LogP contribution in [0.1, 0.15) is 59.8 Å². The summed E-state index contributed by atoms with van der Waals surface area (Å²) in [4.78, 5) is 11.0. The largest absolute Gasteiger partial charge is 0.303 e. The fourth-order valence-electron chi connectivity index (χ4n) is 5.87. The van der Waals surface area contributed by atoms with E-state index in [9.17, 15) is 4.79 Å². The Hall–Kier alpha value is -0.590. The van der Waals surface area contributed by atoms with E-state index in [2.05, 4.69) is 27.7 Å². The summed E-state index contributed by atoms with van der Waals surface area (Å²) >= 11 is 0. The van der Waals surface area contributed by atoms with E-state index in [-0.39, 0.29) is 0 Å². The molecule has 1 spiro atoms. The molecule has 0 aromatic rings. The predicted octanol–water partition coefficient (Wildman–Crippen LogP) is 4.37. The topological polar surface area (TPSA) is 17.1 Å². The van der Waals surface area contributed by atoms with Gasteiger partial charge < -0.3 is 4.79 Å². The van der Waals surface area contributed by atoms with Crippen LogP contribution in [0.2, 0.25) is 0 Å². The monoisotopic (exact) mass is 246 g/mol. The van der Waals surface area contributed by atoms with Gasteiger partial charge in [0.15, 0.2) is 0 Å². The second kappa shape index (κ2) is 3.71. The number of carbonyl (C=O) groups excluding carboxylic acids is 1. The highest BCUT2D eigenvalue weighted by Gasteiger charge is 2.64. The van der Waals surface area contributed by atoms with E-state index >= 15 is 0 Å². The number of hydrogen-bond donors (Lipinski definition) is 0. The van der Waals surface area contributed by atoms with Crippen molar-refractivity contribution < 1.29 is 4.79 Å². The number of fused-ring (bicyclic) bond motifs is 1. The number of aldehydes is 1. The molecule has 1 heteroatoms. The molecule has 3 aliphatic rings. The Morgan fingerprint density at radius 1 is 1.33 bits per heavy atom. The molecule has 2 saturated carbocycles. The van der Waals surface area contributed by atoms with Crippen molar-refractivity contribution >= 4 is 6.29 Å². The molecule has 18 heavy (non-hydrogen) atoms. The first-order valence-electron chi connectivity index (χ1n) is 7.55. The zero-order chi connectivity index (χ0) is 13.1. The van der Waals surface area contributed by atoms with Gasteiger partial charge in [0.25, 0.3) is 0 Å². The average Bonchev–Trinajstić information content (AvgIpc) is 2.71. The Morgan fingerprint density at radius 3 is 2.72 bits per heavy atom. The molecule has 100 valence electrons. The van der Waals surface area contributed by atoms with Gasteiger partial charge in [-0.3, -0.25) is 0 Å². The van der Waals surface area contributed by atoms with Gasteiger partial charge in [-0.2, -0.15) is 0 Å². The molecule has 3 rings (SSSR count). The third kappa shape index (κ3) is 1.31. The second-order valence-corrected chi connectivity index (χ2v) is 7.68. The Balaban J connectivity index is 2.09. The van der Waals surface area contributed by atoms with Crippen molar-refractivity contribution in [2.24, 2.45) is 28.6 Å². The van der Waals surface area contributed by atoms with Crippen molar-refractivity contribution in [1.82, 2.24) is 0 Å². The number of allylic oxidation sites excluding steroid dienone is 2. The fourth-order valence-corrected chi connectivity index (χ4v) is 5.87. The molecule has 0 N–H and O–H groups in total. The number of rotatable bonds is 2. The zero-order valence-electron chi connectivity index (χ0n) is 12.3. The molecule has 0 aromatic heterocycles. The smallest absolute Gasteiger partial charge is 0.124 e. The molecule has 2 unspecified atom stereocenters.